The van der Waals surface area contributed by atoms with Crippen molar-refractivity contribution in [2.45, 2.75) is 77.7 Å². The molecule has 26 heavy (non-hydrogen) atoms. The number of aliphatic carboxylic acids is 2. The molecule has 0 radical (unpaired) electrons. The minimum Gasteiger partial charge on any atom is -0.481 e. The minimum absolute atomic E-state index is 0.223. The molecule has 4 N–H and O–H groups in total. The number of hydrogen-bond acceptors (Lipinski definition) is 4. The van der Waals surface area contributed by atoms with E-state index in [2.05, 4.69) is 10.6 Å². The van der Waals surface area contributed by atoms with Crippen molar-refractivity contribution in [1.82, 2.24) is 10.6 Å². The molecule has 0 rings (SSSR count). The Morgan fingerprint density at radius 3 is 1.77 bits per heavy atom. The van der Waals surface area contributed by atoms with Crippen LogP contribution in [0.25, 0.3) is 0 Å². The van der Waals surface area contributed by atoms with Crippen LogP contribution in [0.5, 0.6) is 0 Å². The van der Waals surface area contributed by atoms with Gasteiger partial charge in [-0.1, -0.05) is 38.5 Å². The second-order valence-corrected chi connectivity index (χ2v) is 6.56. The Balaban J connectivity index is 3.42. The van der Waals surface area contributed by atoms with E-state index in [-0.39, 0.29) is 5.91 Å². The average Bonchev–Trinajstić information content (AvgIpc) is 2.58. The van der Waals surface area contributed by atoms with E-state index in [9.17, 15) is 19.2 Å². The van der Waals surface area contributed by atoms with Crippen LogP contribution in [0.2, 0.25) is 0 Å². The quantitative estimate of drug-likeness (QED) is 0.256. The fourth-order valence-electron chi connectivity index (χ4n) is 2.32. The molecule has 0 spiro atoms. The van der Waals surface area contributed by atoms with Crippen LogP contribution in [0.1, 0.15) is 71.6 Å². The highest BCUT2D eigenvalue weighted by molar-refractivity contribution is 5.96. The molecule has 2 amide bonds. The lowest BCUT2D eigenvalue weighted by molar-refractivity contribution is -0.146. The van der Waals surface area contributed by atoms with Crippen molar-refractivity contribution in [3.8, 4) is 0 Å². The molecule has 0 aromatic carbocycles. The molecule has 150 valence electrons. The Morgan fingerprint density at radius 2 is 1.27 bits per heavy atom. The number of amides is 2. The lowest BCUT2D eigenvalue weighted by Crippen LogP contribution is -2.38. The summed E-state index contributed by atoms with van der Waals surface area (Å²) in [5.41, 5.74) is 0. The average molecular weight is 372 g/mol. The van der Waals surface area contributed by atoms with Crippen molar-refractivity contribution in [3.63, 3.8) is 0 Å². The molecule has 8 heteroatoms. The molecule has 0 aliphatic heterocycles. The first-order valence-corrected chi connectivity index (χ1v) is 9.28. The van der Waals surface area contributed by atoms with Gasteiger partial charge in [-0.3, -0.25) is 19.2 Å². The number of unbranched alkanes of at least 4 members (excludes halogenated alkanes) is 7. The van der Waals surface area contributed by atoms with Crippen LogP contribution >= 0.6 is 0 Å². The largest absolute Gasteiger partial charge is 0.481 e. The van der Waals surface area contributed by atoms with E-state index in [0.29, 0.717) is 13.0 Å². The maximum absolute atomic E-state index is 11.5. The second-order valence-electron chi connectivity index (χ2n) is 6.56. The fourth-order valence-corrected chi connectivity index (χ4v) is 2.32. The van der Waals surface area contributed by atoms with E-state index in [1.54, 1.807) is 0 Å². The molecule has 0 aliphatic carbocycles. The summed E-state index contributed by atoms with van der Waals surface area (Å²) in [6.45, 7) is 3.31. The van der Waals surface area contributed by atoms with Crippen molar-refractivity contribution in [1.29, 1.82) is 0 Å². The van der Waals surface area contributed by atoms with Gasteiger partial charge < -0.3 is 20.8 Å². The molecule has 0 heterocycles. The zero-order valence-corrected chi connectivity index (χ0v) is 15.8. The topological polar surface area (TPSA) is 133 Å². The Labute approximate surface area is 154 Å². The highest BCUT2D eigenvalue weighted by atomic mass is 16.4. The lowest BCUT2D eigenvalue weighted by Gasteiger charge is -2.09. The SMILES string of the molecule is C[C@@H](C(=O)O)C(=O)NCCCCCCCCCCC(=O)N[C@@H](C)C(=O)O. The second kappa shape index (κ2) is 14.1. The van der Waals surface area contributed by atoms with E-state index in [1.807, 2.05) is 0 Å². The predicted octanol–water partition coefficient (Wildman–Crippen LogP) is 1.92. The first kappa shape index (κ1) is 23.9. The number of carbonyl (C=O) groups excluding carboxylic acids is 2. The van der Waals surface area contributed by atoms with Gasteiger partial charge >= 0.3 is 11.9 Å². The van der Waals surface area contributed by atoms with Gasteiger partial charge in [0.1, 0.15) is 12.0 Å². The van der Waals surface area contributed by atoms with E-state index >= 15 is 0 Å². The van der Waals surface area contributed by atoms with Crippen molar-refractivity contribution in [2.24, 2.45) is 5.92 Å². The summed E-state index contributed by atoms with van der Waals surface area (Å²) in [4.78, 5) is 44.1. The normalized spacial score (nSPS) is 12.8. The van der Waals surface area contributed by atoms with E-state index in [4.69, 9.17) is 10.2 Å². The molecule has 0 bridgehead atoms. The third-order valence-corrected chi connectivity index (χ3v) is 4.14. The molecule has 2 atom stereocenters. The maximum atomic E-state index is 11.5. The zero-order valence-electron chi connectivity index (χ0n) is 15.8. The Morgan fingerprint density at radius 1 is 0.769 bits per heavy atom. The smallest absolute Gasteiger partial charge is 0.325 e. The van der Waals surface area contributed by atoms with Crippen molar-refractivity contribution >= 4 is 23.8 Å². The fraction of sp³-hybridized carbons (Fsp3) is 0.778. The van der Waals surface area contributed by atoms with Crippen molar-refractivity contribution in [3.05, 3.63) is 0 Å². The number of carboxylic acids is 2. The van der Waals surface area contributed by atoms with Crippen LogP contribution in [0, 0.1) is 5.92 Å². The molecule has 0 fully saturated rings. The summed E-state index contributed by atoms with van der Waals surface area (Å²) < 4.78 is 0. The number of hydrogen-bond donors (Lipinski definition) is 4. The monoisotopic (exact) mass is 372 g/mol. The minimum atomic E-state index is -1.11. The molecule has 0 saturated carbocycles. The third-order valence-electron chi connectivity index (χ3n) is 4.14. The molecule has 0 aliphatic rings. The first-order valence-electron chi connectivity index (χ1n) is 9.28. The number of nitrogens with one attached hydrogen (secondary N) is 2. The van der Waals surface area contributed by atoms with Gasteiger partial charge in [0.15, 0.2) is 0 Å². The number of carbonyl (C=O) groups is 4. The van der Waals surface area contributed by atoms with Gasteiger partial charge in [-0.2, -0.15) is 0 Å². The predicted molar refractivity (Wildman–Crippen MR) is 96.6 cm³/mol. The maximum Gasteiger partial charge on any atom is 0.325 e. The van der Waals surface area contributed by atoms with Gasteiger partial charge in [-0.15, -0.1) is 0 Å². The van der Waals surface area contributed by atoms with Crippen molar-refractivity contribution in [2.75, 3.05) is 6.54 Å². The van der Waals surface area contributed by atoms with Crippen molar-refractivity contribution < 1.29 is 29.4 Å². The van der Waals surface area contributed by atoms with Gasteiger partial charge in [0.25, 0.3) is 0 Å². The van der Waals surface area contributed by atoms with Crippen LogP contribution in [0.3, 0.4) is 0 Å². The van der Waals surface area contributed by atoms with Gasteiger partial charge in [0.2, 0.25) is 11.8 Å². The van der Waals surface area contributed by atoms with E-state index < -0.39 is 29.8 Å². The molecule has 0 aromatic heterocycles. The van der Waals surface area contributed by atoms with Crippen LogP contribution in [-0.4, -0.2) is 46.6 Å². The summed E-state index contributed by atoms with van der Waals surface area (Å²) in [5.74, 6) is -3.83. The summed E-state index contributed by atoms with van der Waals surface area (Å²) in [5, 5.41) is 22.4. The van der Waals surface area contributed by atoms with E-state index in [0.717, 1.165) is 51.4 Å². The van der Waals surface area contributed by atoms with Crippen LogP contribution < -0.4 is 10.6 Å². The molecule has 8 nitrogen and oxygen atoms in total. The standard InChI is InChI=1S/C18H32N2O6/c1-13(17(23)24)16(22)19-12-10-8-6-4-3-5-7-9-11-15(21)20-14(2)18(25)26/h13-14H,3-12H2,1-2H3,(H,19,22)(H,20,21)(H,23,24)(H,25,26)/t13-,14+/m1/s1. The number of rotatable bonds is 15. The van der Waals surface area contributed by atoms with Crippen LogP contribution in [0.15, 0.2) is 0 Å². The lowest BCUT2D eigenvalue weighted by atomic mass is 10.1. The number of carboxylic acid groups (broad SMARTS) is 2. The molecular weight excluding hydrogens is 340 g/mol. The highest BCUT2D eigenvalue weighted by Crippen LogP contribution is 2.09. The Kier molecular flexibility index (Phi) is 12.9. The molecular formula is C18H32N2O6. The third kappa shape index (κ3) is 12.3. The first-order chi connectivity index (χ1) is 12.3. The van der Waals surface area contributed by atoms with Gasteiger partial charge in [0.05, 0.1) is 0 Å². The molecule has 0 aromatic rings. The molecule has 0 saturated heterocycles. The van der Waals surface area contributed by atoms with E-state index in [1.165, 1.54) is 13.8 Å². The summed E-state index contributed by atoms with van der Waals surface area (Å²) in [6, 6.07) is -0.848. The Bertz CT molecular complexity index is 467. The summed E-state index contributed by atoms with van der Waals surface area (Å²) in [6.07, 6.45) is 8.13. The van der Waals surface area contributed by atoms with Gasteiger partial charge in [-0.05, 0) is 26.7 Å². The summed E-state index contributed by atoms with van der Waals surface area (Å²) >= 11 is 0. The Hall–Kier alpha value is -2.12. The van der Waals surface area contributed by atoms with Crippen LogP contribution in [0.4, 0.5) is 0 Å². The molecule has 0 unspecified atom stereocenters. The zero-order chi connectivity index (χ0) is 19.9. The van der Waals surface area contributed by atoms with Crippen LogP contribution in [-0.2, 0) is 19.2 Å². The van der Waals surface area contributed by atoms with Gasteiger partial charge in [0, 0.05) is 13.0 Å². The van der Waals surface area contributed by atoms with Gasteiger partial charge in [-0.25, -0.2) is 0 Å². The highest BCUT2D eigenvalue weighted by Gasteiger charge is 2.19. The summed E-state index contributed by atoms with van der Waals surface area (Å²) in [7, 11) is 0.